The Labute approximate surface area is 404 Å². The number of phenols is 2. The SMILES string of the molecule is O=C1C=Cc2cc(S(=O)(=O)O)ccc2/C1=N/Nc1cc([N+](=O)[O-])ccc1O.O=C1C=Cc2cc(S(=O)(=O)O)ccc2/C1=N/Nc1cc([N+](=O)[O-])ccc1O.[Fe].[Na+].[Na+].[Na+]. The van der Waals surface area contributed by atoms with Crippen molar-refractivity contribution in [1.82, 2.24) is 0 Å². The summed E-state index contributed by atoms with van der Waals surface area (Å²) in [6.07, 6.45) is 5.06. The molecule has 0 fully saturated rings. The summed E-state index contributed by atoms with van der Waals surface area (Å²) in [7, 11) is -8.82. The van der Waals surface area contributed by atoms with Gasteiger partial charge in [-0.05, 0) is 59.7 Å². The second kappa shape index (κ2) is 21.6. The average molecular weight is 904 g/mol. The Morgan fingerprint density at radius 2 is 0.897 bits per heavy atom. The summed E-state index contributed by atoms with van der Waals surface area (Å²) in [6.45, 7) is 0. The van der Waals surface area contributed by atoms with Crippen molar-refractivity contribution in [2.24, 2.45) is 10.2 Å². The van der Waals surface area contributed by atoms with Crippen LogP contribution in [0.15, 0.2) is 105 Å². The minimum atomic E-state index is -4.41. The Bertz CT molecular complexity index is 2480. The van der Waals surface area contributed by atoms with Crippen molar-refractivity contribution in [3.8, 4) is 11.5 Å². The molecule has 0 atom stereocenters. The fraction of sp³-hybridized carbons (Fsp3) is 0. The molecule has 0 aromatic heterocycles. The van der Waals surface area contributed by atoms with Gasteiger partial charge in [-0.3, -0.25) is 49.8 Å². The topological polar surface area (TPSA) is 318 Å². The van der Waals surface area contributed by atoms with E-state index in [0.29, 0.717) is 11.1 Å². The molecule has 0 radical (unpaired) electrons. The van der Waals surface area contributed by atoms with Crippen LogP contribution in [0.5, 0.6) is 11.5 Å². The molecular formula is C32H22FeN6Na3O14S2+3. The minimum absolute atomic E-state index is 0. The number of allylic oxidation sites excluding steroid dienone is 2. The maximum Gasteiger partial charge on any atom is 1.00 e. The van der Waals surface area contributed by atoms with Crippen LogP contribution < -0.4 is 99.5 Å². The van der Waals surface area contributed by atoms with Gasteiger partial charge in [-0.2, -0.15) is 27.0 Å². The Morgan fingerprint density at radius 1 is 0.552 bits per heavy atom. The molecule has 0 aliphatic heterocycles. The molecule has 0 spiro atoms. The first-order valence-electron chi connectivity index (χ1n) is 14.6. The Morgan fingerprint density at radius 3 is 1.21 bits per heavy atom. The van der Waals surface area contributed by atoms with Gasteiger partial charge < -0.3 is 10.2 Å². The second-order valence-corrected chi connectivity index (χ2v) is 13.7. The van der Waals surface area contributed by atoms with E-state index in [1.54, 1.807) is 0 Å². The Hall–Kier alpha value is -3.62. The molecular weight excluding hydrogens is 881 g/mol. The molecule has 0 saturated carbocycles. The van der Waals surface area contributed by atoms with Crippen LogP contribution in [0.1, 0.15) is 22.3 Å². The number of aromatic hydroxyl groups is 2. The van der Waals surface area contributed by atoms with Crippen molar-refractivity contribution < 1.29 is 161 Å². The number of rotatable bonds is 8. The van der Waals surface area contributed by atoms with E-state index < -0.39 is 41.6 Å². The maximum absolute atomic E-state index is 12.1. The number of hydrazone groups is 2. The summed E-state index contributed by atoms with van der Waals surface area (Å²) in [5.74, 6) is -1.63. The maximum atomic E-state index is 12.1. The Kier molecular flexibility index (Phi) is 19.5. The van der Waals surface area contributed by atoms with Crippen molar-refractivity contribution >= 4 is 78.1 Å². The van der Waals surface area contributed by atoms with Crippen molar-refractivity contribution in [2.75, 3.05) is 10.9 Å². The summed E-state index contributed by atoms with van der Waals surface area (Å²) in [5, 5.41) is 49.0. The molecule has 6 N–H and O–H groups in total. The van der Waals surface area contributed by atoms with Gasteiger partial charge in [-0.25, -0.2) is 0 Å². The summed E-state index contributed by atoms with van der Waals surface area (Å²) < 4.78 is 63.2. The van der Waals surface area contributed by atoms with E-state index in [-0.39, 0.29) is 172 Å². The third kappa shape index (κ3) is 12.7. The predicted octanol–water partition coefficient (Wildman–Crippen LogP) is -5.07. The number of nitro groups is 2. The number of nitrogens with zero attached hydrogens (tertiary/aromatic N) is 4. The van der Waals surface area contributed by atoms with E-state index in [4.69, 9.17) is 9.11 Å². The standard InChI is InChI=1S/2C16H11N3O7S.Fe.3Na/c2*20-14-6-2-10(19(22)23)8-13(14)17-18-16-12-4-3-11(27(24,25)26)7-9(12)1-5-15(16)21;;;;/h2*1-8,17,20H,(H,24,25,26);;;;/q;;;3*+1/b2*18-16-;;;;. The molecule has 6 rings (SSSR count). The smallest absolute Gasteiger partial charge is 0.506 e. The molecule has 0 heterocycles. The van der Waals surface area contributed by atoms with Crippen LogP contribution in [-0.2, 0) is 46.9 Å². The molecule has 58 heavy (non-hydrogen) atoms. The van der Waals surface area contributed by atoms with Crippen molar-refractivity contribution in [3.63, 3.8) is 0 Å². The fourth-order valence-corrected chi connectivity index (χ4v) is 5.81. The van der Waals surface area contributed by atoms with E-state index in [1.807, 2.05) is 0 Å². The normalized spacial score (nSPS) is 13.8. The van der Waals surface area contributed by atoms with Crippen LogP contribution in [0.3, 0.4) is 0 Å². The monoisotopic (exact) mass is 903 g/mol. The third-order valence-corrected chi connectivity index (χ3v) is 9.10. The molecule has 0 unspecified atom stereocenters. The van der Waals surface area contributed by atoms with E-state index >= 15 is 0 Å². The first kappa shape index (κ1) is 52.4. The van der Waals surface area contributed by atoms with Gasteiger partial charge in [0.15, 0.2) is 0 Å². The number of hydrogen-bond donors (Lipinski definition) is 6. The van der Waals surface area contributed by atoms with Crippen LogP contribution in [0, 0.1) is 20.2 Å². The van der Waals surface area contributed by atoms with Gasteiger partial charge >= 0.3 is 88.7 Å². The first-order valence-corrected chi connectivity index (χ1v) is 17.5. The summed E-state index contributed by atoms with van der Waals surface area (Å²) in [5.41, 5.74) is 5.09. The van der Waals surface area contributed by atoms with Gasteiger partial charge in [0.25, 0.3) is 31.6 Å². The van der Waals surface area contributed by atoms with Crippen LogP contribution in [0.25, 0.3) is 12.2 Å². The number of hydrogen-bond acceptors (Lipinski definition) is 16. The van der Waals surface area contributed by atoms with Gasteiger partial charge in [-0.15, -0.1) is 0 Å². The number of nitrogens with one attached hydrogen (secondary N) is 2. The zero-order valence-electron chi connectivity index (χ0n) is 30.1. The summed E-state index contributed by atoms with van der Waals surface area (Å²) in [4.78, 5) is 43.9. The van der Waals surface area contributed by atoms with Crippen molar-refractivity contribution in [1.29, 1.82) is 0 Å². The fourth-order valence-electron chi connectivity index (χ4n) is 4.78. The average Bonchev–Trinajstić information content (AvgIpc) is 3.11. The largest absolute Gasteiger partial charge is 1.00 e. The van der Waals surface area contributed by atoms with Crippen LogP contribution in [0.2, 0.25) is 0 Å². The number of non-ortho nitro benzene ring substituents is 2. The number of carbonyl (C=O) groups excluding carboxylic acids is 2. The van der Waals surface area contributed by atoms with Gasteiger partial charge in [0.2, 0.25) is 11.6 Å². The van der Waals surface area contributed by atoms with E-state index in [1.165, 1.54) is 36.4 Å². The van der Waals surface area contributed by atoms with Gasteiger partial charge in [0, 0.05) is 52.5 Å². The van der Waals surface area contributed by atoms with Crippen LogP contribution >= 0.6 is 0 Å². The molecule has 0 amide bonds. The number of ketones is 2. The minimum Gasteiger partial charge on any atom is -0.506 e. The van der Waals surface area contributed by atoms with Gasteiger partial charge in [0.1, 0.15) is 34.3 Å². The van der Waals surface area contributed by atoms with Crippen molar-refractivity contribution in [2.45, 2.75) is 9.79 Å². The molecule has 26 heteroatoms. The number of nitro benzene ring substituents is 2. The molecule has 4 aromatic carbocycles. The first-order chi connectivity index (χ1) is 25.3. The predicted molar refractivity (Wildman–Crippen MR) is 190 cm³/mol. The zero-order chi connectivity index (χ0) is 39.5. The molecule has 0 saturated heterocycles. The summed E-state index contributed by atoms with van der Waals surface area (Å²) in [6, 6.07) is 13.7. The number of anilines is 2. The van der Waals surface area contributed by atoms with Gasteiger partial charge in [-0.1, -0.05) is 24.3 Å². The quantitative estimate of drug-likeness (QED) is 0.0317. The summed E-state index contributed by atoms with van der Waals surface area (Å²) >= 11 is 0. The molecule has 284 valence electrons. The molecule has 0 bridgehead atoms. The second-order valence-electron chi connectivity index (χ2n) is 10.9. The molecule has 4 aromatic rings. The molecule has 2 aliphatic rings. The van der Waals surface area contributed by atoms with Crippen LogP contribution in [0.4, 0.5) is 22.7 Å². The Balaban J connectivity index is 0.000000543. The van der Waals surface area contributed by atoms with Crippen molar-refractivity contribution in [3.05, 3.63) is 127 Å². The third-order valence-electron chi connectivity index (χ3n) is 7.41. The van der Waals surface area contributed by atoms with E-state index in [9.17, 15) is 56.9 Å². The number of benzene rings is 4. The number of carbonyl (C=O) groups is 2. The number of phenolic OH excluding ortho intramolecular Hbond substituents is 2. The number of fused-ring (bicyclic) bond motifs is 2. The van der Waals surface area contributed by atoms with Gasteiger partial charge in [0.05, 0.1) is 19.6 Å². The molecule has 2 aliphatic carbocycles. The molecule has 20 nitrogen and oxygen atoms in total. The van der Waals surface area contributed by atoms with Crippen LogP contribution in [-0.4, -0.2) is 69.0 Å². The zero-order valence-corrected chi connectivity index (χ0v) is 38.8. The van der Waals surface area contributed by atoms with E-state index in [2.05, 4.69) is 21.1 Å². The van der Waals surface area contributed by atoms with E-state index in [0.717, 1.165) is 60.7 Å².